The Morgan fingerprint density at radius 3 is 1.41 bits per heavy atom. The highest BCUT2D eigenvalue weighted by Gasteiger charge is 2.25. The number of amides is 3. The topological polar surface area (TPSA) is 146 Å². The summed E-state index contributed by atoms with van der Waals surface area (Å²) in [5.41, 5.74) is 9.62. The summed E-state index contributed by atoms with van der Waals surface area (Å²) in [6.45, 7) is 18.8. The fourth-order valence-corrected chi connectivity index (χ4v) is 1.96. The average molecular weight is 419 g/mol. The van der Waals surface area contributed by atoms with E-state index in [4.69, 9.17) is 20.9 Å². The first kappa shape index (κ1) is 29.2. The van der Waals surface area contributed by atoms with Gasteiger partial charge >= 0.3 is 12.2 Å². The smallest absolute Gasteiger partial charge is 0.408 e. The molecule has 0 rings (SSSR count). The van der Waals surface area contributed by atoms with Gasteiger partial charge in [-0.05, 0) is 53.4 Å². The number of hydrogen-bond acceptors (Lipinski definition) is 6. The van der Waals surface area contributed by atoms with E-state index >= 15 is 0 Å². The third kappa shape index (κ3) is 16.6. The maximum atomic E-state index is 11.3. The second-order valence-corrected chi connectivity index (χ2v) is 9.50. The van der Waals surface area contributed by atoms with Gasteiger partial charge in [-0.15, -0.1) is 0 Å². The maximum Gasteiger partial charge on any atom is 0.408 e. The van der Waals surface area contributed by atoms with Crippen molar-refractivity contribution in [2.75, 3.05) is 6.54 Å². The summed E-state index contributed by atoms with van der Waals surface area (Å²) in [6.07, 6.45) is -1.03. The first-order valence-corrected chi connectivity index (χ1v) is 9.88. The number of alkyl carbamates (subject to hydrolysis) is 2. The summed E-state index contributed by atoms with van der Waals surface area (Å²) in [6, 6.07) is -0.718. The molecule has 0 unspecified atom stereocenters. The van der Waals surface area contributed by atoms with Gasteiger partial charge in [0.05, 0.1) is 0 Å². The quantitative estimate of drug-likeness (QED) is 0.521. The van der Waals surface area contributed by atoms with Gasteiger partial charge in [-0.1, -0.05) is 27.7 Å². The van der Waals surface area contributed by atoms with Gasteiger partial charge in [0.1, 0.15) is 17.2 Å². The number of rotatable bonds is 6. The van der Waals surface area contributed by atoms with Gasteiger partial charge in [0, 0.05) is 12.6 Å². The van der Waals surface area contributed by atoms with Crippen LogP contribution in [0.4, 0.5) is 9.59 Å². The van der Waals surface area contributed by atoms with E-state index in [1.807, 2.05) is 34.6 Å². The molecule has 0 heterocycles. The normalized spacial score (nSPS) is 13.7. The molecule has 0 radical (unpaired) electrons. The van der Waals surface area contributed by atoms with Gasteiger partial charge in [0.15, 0.2) is 0 Å². The molecule has 172 valence electrons. The summed E-state index contributed by atoms with van der Waals surface area (Å²) >= 11 is 0. The zero-order valence-corrected chi connectivity index (χ0v) is 19.7. The molecule has 29 heavy (non-hydrogen) atoms. The van der Waals surface area contributed by atoms with Crippen LogP contribution in [-0.2, 0) is 14.3 Å². The third-order valence-electron chi connectivity index (χ3n) is 3.41. The van der Waals surface area contributed by atoms with Gasteiger partial charge in [0.25, 0.3) is 0 Å². The molecule has 0 bridgehead atoms. The zero-order chi connectivity index (χ0) is 23.6. The van der Waals surface area contributed by atoms with Crippen molar-refractivity contribution in [3.05, 3.63) is 0 Å². The molecule has 0 spiro atoms. The molecule has 0 fully saturated rings. The molecule has 0 aliphatic heterocycles. The number of ether oxygens (including phenoxy) is 2. The molecule has 0 aromatic rings. The minimum Gasteiger partial charge on any atom is -0.444 e. The van der Waals surface area contributed by atoms with Crippen molar-refractivity contribution in [2.24, 2.45) is 23.3 Å². The molecular formula is C20H42N4O5. The summed E-state index contributed by atoms with van der Waals surface area (Å²) in [4.78, 5) is 33.7. The van der Waals surface area contributed by atoms with Crippen LogP contribution in [0.5, 0.6) is 0 Å². The molecule has 2 atom stereocenters. The van der Waals surface area contributed by atoms with Gasteiger partial charge in [0.2, 0.25) is 5.91 Å². The van der Waals surface area contributed by atoms with E-state index in [-0.39, 0.29) is 12.0 Å². The molecule has 9 heteroatoms. The molecule has 3 amide bonds. The largest absolute Gasteiger partial charge is 0.444 e. The van der Waals surface area contributed by atoms with Crippen LogP contribution in [0, 0.1) is 11.8 Å². The van der Waals surface area contributed by atoms with Crippen molar-refractivity contribution in [1.82, 2.24) is 10.6 Å². The fourth-order valence-electron chi connectivity index (χ4n) is 1.96. The number of carbonyl (C=O) groups is 3. The van der Waals surface area contributed by atoms with Crippen LogP contribution < -0.4 is 22.1 Å². The van der Waals surface area contributed by atoms with E-state index in [1.54, 1.807) is 34.6 Å². The minimum absolute atomic E-state index is 0.0233. The lowest BCUT2D eigenvalue weighted by Crippen LogP contribution is -2.49. The second kappa shape index (κ2) is 12.5. The molecule has 0 saturated heterocycles. The molecule has 0 aromatic carbocycles. The first-order chi connectivity index (χ1) is 12.9. The van der Waals surface area contributed by atoms with Gasteiger partial charge < -0.3 is 31.6 Å². The molecule has 6 N–H and O–H groups in total. The van der Waals surface area contributed by atoms with Crippen molar-refractivity contribution >= 4 is 18.1 Å². The standard InChI is InChI=1S/C10H20N2O3.C10H22N2O2/c1-6(2)7(8(11)13)12-9(14)15-10(3,4)5;1-7(2)8(6-11)12-9(13)14-10(3,4)5/h6-7H,1-5H3,(H2,11,13)(H,12,14);7-8H,6,11H2,1-5H3,(H,12,13)/t7-;8-/m10/s1. The number of hydrogen-bond donors (Lipinski definition) is 4. The van der Waals surface area contributed by atoms with Crippen LogP contribution in [0.1, 0.15) is 69.2 Å². The predicted octanol–water partition coefficient (Wildman–Crippen LogP) is 2.52. The van der Waals surface area contributed by atoms with E-state index in [9.17, 15) is 14.4 Å². The van der Waals surface area contributed by atoms with Gasteiger partial charge in [-0.2, -0.15) is 0 Å². The van der Waals surface area contributed by atoms with E-state index in [1.165, 1.54) is 0 Å². The lowest BCUT2D eigenvalue weighted by molar-refractivity contribution is -0.121. The Hall–Kier alpha value is -2.03. The number of primary amides is 1. The van der Waals surface area contributed by atoms with E-state index < -0.39 is 35.3 Å². The fraction of sp³-hybridized carbons (Fsp3) is 0.850. The van der Waals surface area contributed by atoms with Crippen molar-refractivity contribution < 1.29 is 23.9 Å². The van der Waals surface area contributed by atoms with Crippen LogP contribution in [0.3, 0.4) is 0 Å². The van der Waals surface area contributed by atoms with Crippen molar-refractivity contribution in [1.29, 1.82) is 0 Å². The maximum absolute atomic E-state index is 11.3. The van der Waals surface area contributed by atoms with Crippen molar-refractivity contribution in [3.8, 4) is 0 Å². The Bertz CT molecular complexity index is 522. The van der Waals surface area contributed by atoms with Crippen LogP contribution in [0.15, 0.2) is 0 Å². The van der Waals surface area contributed by atoms with Crippen molar-refractivity contribution in [3.63, 3.8) is 0 Å². The van der Waals surface area contributed by atoms with Crippen LogP contribution >= 0.6 is 0 Å². The molecular weight excluding hydrogens is 376 g/mol. The lowest BCUT2D eigenvalue weighted by Gasteiger charge is -2.24. The molecule has 9 nitrogen and oxygen atoms in total. The summed E-state index contributed by atoms with van der Waals surface area (Å²) in [7, 11) is 0. The van der Waals surface area contributed by atoms with Gasteiger partial charge in [-0.25, -0.2) is 9.59 Å². The summed E-state index contributed by atoms with van der Waals surface area (Å²) < 4.78 is 10.1. The molecule has 0 saturated carbocycles. The van der Waals surface area contributed by atoms with Crippen molar-refractivity contribution in [2.45, 2.75) is 92.5 Å². The number of nitrogens with two attached hydrogens (primary N) is 2. The van der Waals surface area contributed by atoms with Crippen LogP contribution in [0.2, 0.25) is 0 Å². The van der Waals surface area contributed by atoms with Gasteiger partial charge in [-0.3, -0.25) is 4.79 Å². The SMILES string of the molecule is CC(C)[C@@H](NC(=O)OC(C)(C)C)C(N)=O.CC(C)[C@H](CN)NC(=O)OC(C)(C)C. The molecule has 0 aliphatic carbocycles. The lowest BCUT2D eigenvalue weighted by atomic mass is 10.0. The molecule has 0 aromatic heterocycles. The highest BCUT2D eigenvalue weighted by Crippen LogP contribution is 2.09. The number of nitrogens with one attached hydrogen (secondary N) is 2. The minimum atomic E-state index is -0.695. The third-order valence-corrected chi connectivity index (χ3v) is 3.41. The number of carbonyl (C=O) groups excluding carboxylic acids is 3. The zero-order valence-electron chi connectivity index (χ0n) is 19.7. The Balaban J connectivity index is 0. The highest BCUT2D eigenvalue weighted by molar-refractivity contribution is 5.84. The summed E-state index contributed by atoms with van der Waals surface area (Å²) in [5, 5.41) is 5.17. The van der Waals surface area contributed by atoms with Crippen LogP contribution in [0.25, 0.3) is 0 Å². The average Bonchev–Trinajstić information content (AvgIpc) is 2.46. The van der Waals surface area contributed by atoms with Crippen LogP contribution in [-0.4, -0.2) is 47.9 Å². The molecule has 0 aliphatic rings. The highest BCUT2D eigenvalue weighted by atomic mass is 16.6. The van der Waals surface area contributed by atoms with E-state index in [0.717, 1.165) is 0 Å². The Kier molecular flexibility index (Phi) is 12.6. The summed E-state index contributed by atoms with van der Waals surface area (Å²) in [5.74, 6) is -0.307. The Morgan fingerprint density at radius 2 is 1.17 bits per heavy atom. The first-order valence-electron chi connectivity index (χ1n) is 9.88. The Labute approximate surface area is 175 Å². The Morgan fingerprint density at radius 1 is 0.793 bits per heavy atom. The van der Waals surface area contributed by atoms with E-state index in [2.05, 4.69) is 10.6 Å². The monoisotopic (exact) mass is 418 g/mol. The predicted molar refractivity (Wildman–Crippen MR) is 114 cm³/mol. The van der Waals surface area contributed by atoms with E-state index in [0.29, 0.717) is 12.5 Å². The second-order valence-electron chi connectivity index (χ2n) is 9.50.